The molecule has 1 aromatic rings. The third-order valence-electron chi connectivity index (χ3n) is 3.42. The molecular formula is C15H18F2N2O3. The van der Waals surface area contributed by atoms with E-state index in [1.165, 1.54) is 4.90 Å². The number of ether oxygens (including phenoxy) is 1. The number of nitrogens with one attached hydrogen (secondary N) is 1. The fourth-order valence-electron chi connectivity index (χ4n) is 2.48. The van der Waals surface area contributed by atoms with Gasteiger partial charge in [0.25, 0.3) is 5.91 Å². The van der Waals surface area contributed by atoms with Crippen LogP contribution in [0.4, 0.5) is 13.6 Å². The van der Waals surface area contributed by atoms with Crippen LogP contribution in [0.15, 0.2) is 18.2 Å². The van der Waals surface area contributed by atoms with E-state index < -0.39 is 23.6 Å². The molecule has 1 fully saturated rings. The molecule has 0 aromatic heterocycles. The lowest BCUT2D eigenvalue weighted by Crippen LogP contribution is -2.49. The Bertz CT molecular complexity index is 545. The first kappa shape index (κ1) is 16.2. The molecule has 1 aromatic carbocycles. The van der Waals surface area contributed by atoms with Crippen molar-refractivity contribution in [2.45, 2.75) is 25.8 Å². The molecule has 1 unspecified atom stereocenters. The van der Waals surface area contributed by atoms with Crippen LogP contribution in [-0.2, 0) is 4.74 Å². The standard InChI is InChI=1S/C15H18F2N2O3/c1-2-22-15(21)18-13-4-3-5-19(9-13)14(20)10-6-11(16)8-12(17)7-10/h6-8,13H,2-5,9H2,1H3,(H,18,21). The van der Waals surface area contributed by atoms with Gasteiger partial charge in [-0.1, -0.05) is 0 Å². The Morgan fingerprint density at radius 3 is 2.64 bits per heavy atom. The van der Waals surface area contributed by atoms with Gasteiger partial charge < -0.3 is 15.0 Å². The number of hydrogen-bond donors (Lipinski definition) is 1. The lowest BCUT2D eigenvalue weighted by Gasteiger charge is -2.33. The van der Waals surface area contributed by atoms with Crippen molar-refractivity contribution in [3.8, 4) is 0 Å². The Kier molecular flexibility index (Phi) is 5.30. The molecule has 1 heterocycles. The summed E-state index contributed by atoms with van der Waals surface area (Å²) < 4.78 is 31.2. The van der Waals surface area contributed by atoms with Gasteiger partial charge in [-0.2, -0.15) is 0 Å². The van der Waals surface area contributed by atoms with Crippen LogP contribution in [0.3, 0.4) is 0 Å². The second-order valence-corrected chi connectivity index (χ2v) is 5.11. The second kappa shape index (κ2) is 7.20. The highest BCUT2D eigenvalue weighted by Gasteiger charge is 2.26. The Labute approximate surface area is 127 Å². The molecule has 1 atom stereocenters. The van der Waals surface area contributed by atoms with Gasteiger partial charge in [-0.15, -0.1) is 0 Å². The predicted octanol–water partition coefficient (Wildman–Crippen LogP) is 2.32. The number of benzene rings is 1. The summed E-state index contributed by atoms with van der Waals surface area (Å²) in [5.74, 6) is -2.03. The summed E-state index contributed by atoms with van der Waals surface area (Å²) in [6, 6.07) is 2.51. The quantitative estimate of drug-likeness (QED) is 0.932. The largest absolute Gasteiger partial charge is 0.450 e. The normalized spacial score (nSPS) is 18.0. The lowest BCUT2D eigenvalue weighted by molar-refractivity contribution is 0.0685. The average Bonchev–Trinajstić information content (AvgIpc) is 2.46. The van der Waals surface area contributed by atoms with Crippen LogP contribution >= 0.6 is 0 Å². The molecule has 22 heavy (non-hydrogen) atoms. The number of halogens is 2. The Hall–Kier alpha value is -2.18. The minimum absolute atomic E-state index is 0.0331. The van der Waals surface area contributed by atoms with E-state index >= 15 is 0 Å². The maximum Gasteiger partial charge on any atom is 0.407 e. The van der Waals surface area contributed by atoms with Crippen molar-refractivity contribution < 1.29 is 23.1 Å². The highest BCUT2D eigenvalue weighted by Crippen LogP contribution is 2.16. The van der Waals surface area contributed by atoms with E-state index in [0.717, 1.165) is 24.6 Å². The molecule has 0 bridgehead atoms. The molecule has 0 saturated carbocycles. The fraction of sp³-hybridized carbons (Fsp3) is 0.467. The minimum Gasteiger partial charge on any atom is -0.450 e. The summed E-state index contributed by atoms with van der Waals surface area (Å²) in [6.45, 7) is 2.74. The maximum atomic E-state index is 13.2. The van der Waals surface area contributed by atoms with Gasteiger partial charge in [0.15, 0.2) is 0 Å². The van der Waals surface area contributed by atoms with Gasteiger partial charge in [0.2, 0.25) is 0 Å². The van der Waals surface area contributed by atoms with Crippen LogP contribution in [-0.4, -0.2) is 42.6 Å². The third-order valence-corrected chi connectivity index (χ3v) is 3.42. The molecule has 1 saturated heterocycles. The molecule has 1 N–H and O–H groups in total. The first-order chi connectivity index (χ1) is 10.5. The van der Waals surface area contributed by atoms with E-state index in [-0.39, 0.29) is 24.8 Å². The second-order valence-electron chi connectivity index (χ2n) is 5.11. The third kappa shape index (κ3) is 4.16. The van der Waals surface area contributed by atoms with Crippen molar-refractivity contribution >= 4 is 12.0 Å². The van der Waals surface area contributed by atoms with Gasteiger partial charge in [-0.05, 0) is 31.9 Å². The molecule has 0 spiro atoms. The van der Waals surface area contributed by atoms with Crippen LogP contribution < -0.4 is 5.32 Å². The molecule has 0 aliphatic carbocycles. The zero-order chi connectivity index (χ0) is 16.1. The van der Waals surface area contributed by atoms with Gasteiger partial charge in [0.05, 0.1) is 6.61 Å². The number of carbonyl (C=O) groups is 2. The SMILES string of the molecule is CCOC(=O)NC1CCCN(C(=O)c2cc(F)cc(F)c2)C1. The fourth-order valence-corrected chi connectivity index (χ4v) is 2.48. The van der Waals surface area contributed by atoms with E-state index in [1.54, 1.807) is 6.92 Å². The van der Waals surface area contributed by atoms with Crippen LogP contribution in [0.1, 0.15) is 30.1 Å². The van der Waals surface area contributed by atoms with Crippen molar-refractivity contribution in [1.29, 1.82) is 0 Å². The number of carbonyl (C=O) groups excluding carboxylic acids is 2. The first-order valence-electron chi connectivity index (χ1n) is 7.18. The van der Waals surface area contributed by atoms with E-state index in [2.05, 4.69) is 5.32 Å². The summed E-state index contributed by atoms with van der Waals surface area (Å²) in [5, 5.41) is 2.68. The smallest absolute Gasteiger partial charge is 0.407 e. The van der Waals surface area contributed by atoms with E-state index in [1.807, 2.05) is 0 Å². The van der Waals surface area contributed by atoms with Crippen LogP contribution in [0.25, 0.3) is 0 Å². The van der Waals surface area contributed by atoms with Crippen molar-refractivity contribution in [3.63, 3.8) is 0 Å². The summed E-state index contributed by atoms with van der Waals surface area (Å²) in [5.41, 5.74) is -0.0331. The summed E-state index contributed by atoms with van der Waals surface area (Å²) in [7, 11) is 0. The predicted molar refractivity (Wildman–Crippen MR) is 75.4 cm³/mol. The van der Waals surface area contributed by atoms with Crippen molar-refractivity contribution in [2.24, 2.45) is 0 Å². The number of alkyl carbamates (subject to hydrolysis) is 1. The van der Waals surface area contributed by atoms with Gasteiger partial charge in [-0.25, -0.2) is 13.6 Å². The van der Waals surface area contributed by atoms with Gasteiger partial charge in [0, 0.05) is 30.8 Å². The van der Waals surface area contributed by atoms with Crippen molar-refractivity contribution in [1.82, 2.24) is 10.2 Å². The minimum atomic E-state index is -0.790. The Morgan fingerprint density at radius 2 is 2.00 bits per heavy atom. The Morgan fingerprint density at radius 1 is 1.32 bits per heavy atom. The number of nitrogens with zero attached hydrogens (tertiary/aromatic N) is 1. The van der Waals surface area contributed by atoms with Crippen molar-refractivity contribution in [3.05, 3.63) is 35.4 Å². The topological polar surface area (TPSA) is 58.6 Å². The molecule has 1 aliphatic rings. The number of hydrogen-bond acceptors (Lipinski definition) is 3. The molecular weight excluding hydrogens is 294 g/mol. The molecule has 0 radical (unpaired) electrons. The Balaban J connectivity index is 2.02. The number of amides is 2. The number of piperidine rings is 1. The average molecular weight is 312 g/mol. The van der Waals surface area contributed by atoms with Crippen LogP contribution in [0.2, 0.25) is 0 Å². The van der Waals surface area contributed by atoms with E-state index in [0.29, 0.717) is 13.0 Å². The van der Waals surface area contributed by atoms with E-state index in [4.69, 9.17) is 4.74 Å². The monoisotopic (exact) mass is 312 g/mol. The molecule has 1 aliphatic heterocycles. The summed E-state index contributed by atoms with van der Waals surface area (Å²) in [6.07, 6.45) is 0.888. The number of likely N-dealkylation sites (tertiary alicyclic amines) is 1. The molecule has 120 valence electrons. The molecule has 7 heteroatoms. The lowest BCUT2D eigenvalue weighted by atomic mass is 10.0. The molecule has 5 nitrogen and oxygen atoms in total. The van der Waals surface area contributed by atoms with Crippen LogP contribution in [0.5, 0.6) is 0 Å². The van der Waals surface area contributed by atoms with Crippen LogP contribution in [0, 0.1) is 11.6 Å². The molecule has 2 rings (SSSR count). The molecule has 2 amide bonds. The van der Waals surface area contributed by atoms with Gasteiger partial charge >= 0.3 is 6.09 Å². The zero-order valence-corrected chi connectivity index (χ0v) is 12.3. The first-order valence-corrected chi connectivity index (χ1v) is 7.18. The highest BCUT2D eigenvalue weighted by atomic mass is 19.1. The summed E-state index contributed by atoms with van der Waals surface area (Å²) in [4.78, 5) is 25.2. The van der Waals surface area contributed by atoms with E-state index in [9.17, 15) is 18.4 Å². The highest BCUT2D eigenvalue weighted by molar-refractivity contribution is 5.94. The van der Waals surface area contributed by atoms with Gasteiger partial charge in [0.1, 0.15) is 11.6 Å². The maximum absolute atomic E-state index is 13.2. The zero-order valence-electron chi connectivity index (χ0n) is 12.3. The summed E-state index contributed by atoms with van der Waals surface area (Å²) >= 11 is 0. The van der Waals surface area contributed by atoms with Crippen molar-refractivity contribution in [2.75, 3.05) is 19.7 Å². The van der Waals surface area contributed by atoms with Gasteiger partial charge in [-0.3, -0.25) is 4.79 Å². The number of rotatable bonds is 3.